The number of methoxy groups -OCH3 is 1. The molecule has 1 heterocycles. The summed E-state index contributed by atoms with van der Waals surface area (Å²) in [5.41, 5.74) is 0.119. The van der Waals surface area contributed by atoms with Crippen LogP contribution in [0.2, 0.25) is 0 Å². The minimum Gasteiger partial charge on any atom is -0.374 e. The van der Waals surface area contributed by atoms with E-state index in [-0.39, 0.29) is 11.7 Å². The molecule has 0 aromatic heterocycles. The van der Waals surface area contributed by atoms with Crippen LogP contribution in [0, 0.1) is 0 Å². The summed E-state index contributed by atoms with van der Waals surface area (Å²) in [6.45, 7) is 1.80. The third-order valence-electron chi connectivity index (χ3n) is 3.90. The molecule has 1 fully saturated rings. The lowest BCUT2D eigenvalue weighted by molar-refractivity contribution is -0.138. The highest BCUT2D eigenvalue weighted by Gasteiger charge is 2.35. The van der Waals surface area contributed by atoms with Crippen LogP contribution in [-0.4, -0.2) is 38.8 Å². The summed E-state index contributed by atoms with van der Waals surface area (Å²) in [4.78, 5) is 0. The molecule has 1 aliphatic heterocycles. The number of benzene rings is 1. The highest BCUT2D eigenvalue weighted by Crippen LogP contribution is 2.36. The summed E-state index contributed by atoms with van der Waals surface area (Å²) in [5.74, 6) is 0.335. The Morgan fingerprint density at radius 2 is 2.22 bits per heavy atom. The average molecular weight is 352 g/mol. The summed E-state index contributed by atoms with van der Waals surface area (Å²) < 4.78 is 51.1. The quantitative estimate of drug-likeness (QED) is 0.795. The second-order valence-corrected chi connectivity index (χ2v) is 5.85. The van der Waals surface area contributed by atoms with E-state index in [2.05, 4.69) is 5.32 Å². The smallest absolute Gasteiger partial charge is 0.374 e. The van der Waals surface area contributed by atoms with Gasteiger partial charge in [-0.3, -0.25) is 0 Å². The molecule has 0 aliphatic carbocycles. The van der Waals surface area contributed by atoms with Gasteiger partial charge in [0.15, 0.2) is 0 Å². The van der Waals surface area contributed by atoms with E-state index in [0.717, 1.165) is 6.54 Å². The number of nitrogens with one attached hydrogen (secondary N) is 1. The molecule has 3 nitrogen and oxygen atoms in total. The molecular weight excluding hydrogens is 331 g/mol. The number of alkyl halides is 4. The van der Waals surface area contributed by atoms with Gasteiger partial charge in [-0.25, -0.2) is 0 Å². The molecule has 23 heavy (non-hydrogen) atoms. The standard InChI is InChI=1S/C16H21ClF3NO2/c1-22-15(14-10-21-7-8-23-14)12-5-4-11(3-2-6-17)13(9-12)16(18,19)20/h4-5,9,14-15,21H,2-3,6-8,10H2,1H3/t14-,15?/m1/s1. The van der Waals surface area contributed by atoms with Gasteiger partial charge in [0, 0.05) is 26.1 Å². The molecule has 0 spiro atoms. The van der Waals surface area contributed by atoms with E-state index in [4.69, 9.17) is 21.1 Å². The van der Waals surface area contributed by atoms with E-state index in [1.807, 2.05) is 0 Å². The molecule has 0 amide bonds. The average Bonchev–Trinajstić information content (AvgIpc) is 2.54. The van der Waals surface area contributed by atoms with Crippen molar-refractivity contribution in [3.8, 4) is 0 Å². The second-order valence-electron chi connectivity index (χ2n) is 5.48. The second kappa shape index (κ2) is 8.33. The zero-order valence-corrected chi connectivity index (χ0v) is 13.7. The lowest BCUT2D eigenvalue weighted by Gasteiger charge is -2.31. The predicted molar refractivity (Wildman–Crippen MR) is 82.8 cm³/mol. The van der Waals surface area contributed by atoms with Gasteiger partial charge in [-0.05, 0) is 30.0 Å². The zero-order chi connectivity index (χ0) is 16.9. The molecule has 1 unspecified atom stereocenters. The maximum atomic E-state index is 13.3. The fourth-order valence-electron chi connectivity index (χ4n) is 2.79. The minimum absolute atomic E-state index is 0.263. The van der Waals surface area contributed by atoms with E-state index < -0.39 is 17.8 Å². The number of ether oxygens (including phenoxy) is 2. The van der Waals surface area contributed by atoms with Gasteiger partial charge in [-0.2, -0.15) is 13.2 Å². The Labute approximate surface area is 139 Å². The molecule has 0 bridgehead atoms. The molecular formula is C16H21ClF3NO2. The minimum atomic E-state index is -4.40. The Balaban J connectivity index is 2.30. The van der Waals surface area contributed by atoms with Crippen LogP contribution in [0.5, 0.6) is 0 Å². The molecule has 2 atom stereocenters. The van der Waals surface area contributed by atoms with Crippen molar-refractivity contribution in [1.29, 1.82) is 0 Å². The van der Waals surface area contributed by atoms with E-state index >= 15 is 0 Å². The highest BCUT2D eigenvalue weighted by atomic mass is 35.5. The van der Waals surface area contributed by atoms with Crippen LogP contribution in [0.15, 0.2) is 18.2 Å². The number of halogens is 4. The van der Waals surface area contributed by atoms with Crippen molar-refractivity contribution in [1.82, 2.24) is 5.32 Å². The van der Waals surface area contributed by atoms with Crippen molar-refractivity contribution < 1.29 is 22.6 Å². The first kappa shape index (κ1) is 18.5. The first-order valence-electron chi connectivity index (χ1n) is 7.58. The highest BCUT2D eigenvalue weighted by molar-refractivity contribution is 6.17. The Kier molecular flexibility index (Phi) is 6.71. The Hall–Kier alpha value is -0.820. The van der Waals surface area contributed by atoms with Crippen molar-refractivity contribution in [2.24, 2.45) is 0 Å². The molecule has 130 valence electrons. The summed E-state index contributed by atoms with van der Waals surface area (Å²) in [6, 6.07) is 4.38. The van der Waals surface area contributed by atoms with Crippen LogP contribution in [0.4, 0.5) is 13.2 Å². The summed E-state index contributed by atoms with van der Waals surface area (Å²) in [5, 5.41) is 3.16. The summed E-state index contributed by atoms with van der Waals surface area (Å²) in [7, 11) is 1.48. The number of hydrogen-bond donors (Lipinski definition) is 1. The van der Waals surface area contributed by atoms with Crippen LogP contribution in [0.25, 0.3) is 0 Å². The van der Waals surface area contributed by atoms with Crippen LogP contribution >= 0.6 is 11.6 Å². The van der Waals surface area contributed by atoms with Gasteiger partial charge in [-0.15, -0.1) is 11.6 Å². The van der Waals surface area contributed by atoms with Crippen LogP contribution in [-0.2, 0) is 22.1 Å². The first-order valence-corrected chi connectivity index (χ1v) is 8.12. The van der Waals surface area contributed by atoms with Gasteiger partial charge in [-0.1, -0.05) is 12.1 Å². The van der Waals surface area contributed by atoms with E-state index in [0.29, 0.717) is 37.4 Å². The zero-order valence-electron chi connectivity index (χ0n) is 13.0. The van der Waals surface area contributed by atoms with Gasteiger partial charge < -0.3 is 14.8 Å². The predicted octanol–water partition coefficient (Wildman–Crippen LogP) is 3.55. The van der Waals surface area contributed by atoms with Crippen LogP contribution in [0.3, 0.4) is 0 Å². The van der Waals surface area contributed by atoms with E-state index in [9.17, 15) is 13.2 Å². The first-order chi connectivity index (χ1) is 11.0. The van der Waals surface area contributed by atoms with Gasteiger partial charge in [0.05, 0.1) is 12.2 Å². The van der Waals surface area contributed by atoms with Crippen molar-refractivity contribution in [3.05, 3.63) is 34.9 Å². The van der Waals surface area contributed by atoms with Gasteiger partial charge in [0.2, 0.25) is 0 Å². The topological polar surface area (TPSA) is 30.5 Å². The van der Waals surface area contributed by atoms with Crippen molar-refractivity contribution in [3.63, 3.8) is 0 Å². The molecule has 0 saturated carbocycles. The number of aryl methyl sites for hydroxylation is 1. The van der Waals surface area contributed by atoms with Gasteiger partial charge in [0.25, 0.3) is 0 Å². The lowest BCUT2D eigenvalue weighted by atomic mass is 9.95. The largest absolute Gasteiger partial charge is 0.416 e. The fourth-order valence-corrected chi connectivity index (χ4v) is 2.93. The van der Waals surface area contributed by atoms with Crippen LogP contribution in [0.1, 0.15) is 29.2 Å². The maximum absolute atomic E-state index is 13.3. The monoisotopic (exact) mass is 351 g/mol. The van der Waals surface area contributed by atoms with E-state index in [1.54, 1.807) is 6.07 Å². The molecule has 1 aromatic rings. The van der Waals surface area contributed by atoms with Crippen molar-refractivity contribution in [2.45, 2.75) is 31.2 Å². The summed E-state index contributed by atoms with van der Waals surface area (Å²) >= 11 is 5.60. The van der Waals surface area contributed by atoms with Gasteiger partial charge >= 0.3 is 6.18 Å². The number of morpholine rings is 1. The third kappa shape index (κ3) is 4.83. The third-order valence-corrected chi connectivity index (χ3v) is 4.16. The molecule has 1 saturated heterocycles. The molecule has 1 aromatic carbocycles. The lowest BCUT2D eigenvalue weighted by Crippen LogP contribution is -2.42. The Morgan fingerprint density at radius 1 is 1.43 bits per heavy atom. The molecule has 1 N–H and O–H groups in total. The van der Waals surface area contributed by atoms with Gasteiger partial charge in [0.1, 0.15) is 12.2 Å². The Morgan fingerprint density at radius 3 is 2.78 bits per heavy atom. The molecule has 0 radical (unpaired) electrons. The SMILES string of the molecule is COC(c1ccc(CCCCl)c(C(F)(F)F)c1)[C@H]1CNCCO1. The maximum Gasteiger partial charge on any atom is 0.416 e. The summed E-state index contributed by atoms with van der Waals surface area (Å²) in [6.07, 6.45) is -4.43. The number of rotatable bonds is 6. The van der Waals surface area contributed by atoms with E-state index in [1.165, 1.54) is 19.2 Å². The fraction of sp³-hybridized carbons (Fsp3) is 0.625. The molecule has 7 heteroatoms. The van der Waals surface area contributed by atoms with Crippen molar-refractivity contribution in [2.75, 3.05) is 32.7 Å². The normalized spacial score (nSPS) is 20.5. The number of hydrogen-bond acceptors (Lipinski definition) is 3. The molecule has 2 rings (SSSR count). The Bertz CT molecular complexity index is 505. The molecule has 1 aliphatic rings. The van der Waals surface area contributed by atoms with Crippen molar-refractivity contribution >= 4 is 11.6 Å². The van der Waals surface area contributed by atoms with Crippen LogP contribution < -0.4 is 5.32 Å².